The Morgan fingerprint density at radius 3 is 2.71 bits per heavy atom. The maximum Gasteiger partial charge on any atom is 0.405 e. The van der Waals surface area contributed by atoms with E-state index < -0.39 is 18.6 Å². The fraction of sp³-hybridized carbons (Fsp3) is 0.600. The molecule has 0 bridgehead atoms. The van der Waals surface area contributed by atoms with Crippen LogP contribution in [0.2, 0.25) is 0 Å². The van der Waals surface area contributed by atoms with Crippen LogP contribution in [0.4, 0.5) is 13.2 Å². The Labute approximate surface area is 96.1 Å². The molecule has 0 radical (unpaired) electrons. The first-order valence-corrected chi connectivity index (χ1v) is 4.89. The number of nitrogens with zero attached hydrogens (tertiary/aromatic N) is 1. The molecule has 4 nitrogen and oxygen atoms in total. The van der Waals surface area contributed by atoms with E-state index in [-0.39, 0.29) is 31.3 Å². The summed E-state index contributed by atoms with van der Waals surface area (Å²) >= 11 is 0. The Kier molecular flexibility index (Phi) is 3.99. The van der Waals surface area contributed by atoms with Gasteiger partial charge in [-0.2, -0.15) is 13.2 Å². The average Bonchev–Trinajstić information content (AvgIpc) is 2.56. The van der Waals surface area contributed by atoms with Crippen molar-refractivity contribution in [3.63, 3.8) is 0 Å². The smallest absolute Gasteiger partial charge is 0.345 e. The number of hydrogen-bond donors (Lipinski definition) is 1. The zero-order chi connectivity index (χ0) is 13.1. The van der Waals surface area contributed by atoms with Gasteiger partial charge in [0.1, 0.15) is 6.54 Å². The van der Waals surface area contributed by atoms with Gasteiger partial charge >= 0.3 is 6.18 Å². The first kappa shape index (κ1) is 13.4. The number of hydrogen-bond acceptors (Lipinski definition) is 2. The molecule has 7 heteroatoms. The van der Waals surface area contributed by atoms with Crippen molar-refractivity contribution in [1.82, 2.24) is 10.2 Å². The molecule has 0 aliphatic carbocycles. The molecule has 1 fully saturated rings. The molecule has 17 heavy (non-hydrogen) atoms. The predicted molar refractivity (Wildman–Crippen MR) is 52.6 cm³/mol. The van der Waals surface area contributed by atoms with Crippen molar-refractivity contribution >= 4 is 11.8 Å². The fourth-order valence-corrected chi connectivity index (χ4v) is 1.46. The molecule has 1 N–H and O–H groups in total. The van der Waals surface area contributed by atoms with E-state index in [2.05, 4.69) is 5.92 Å². The van der Waals surface area contributed by atoms with Crippen molar-refractivity contribution < 1.29 is 22.8 Å². The van der Waals surface area contributed by atoms with Crippen LogP contribution in [-0.4, -0.2) is 42.5 Å². The van der Waals surface area contributed by atoms with Crippen molar-refractivity contribution in [2.75, 3.05) is 19.6 Å². The van der Waals surface area contributed by atoms with Crippen LogP contribution in [0.3, 0.4) is 0 Å². The van der Waals surface area contributed by atoms with Gasteiger partial charge in [-0.05, 0) is 0 Å². The Hall–Kier alpha value is -1.71. The van der Waals surface area contributed by atoms with Crippen molar-refractivity contribution in [2.24, 2.45) is 5.92 Å². The van der Waals surface area contributed by atoms with E-state index in [1.165, 1.54) is 0 Å². The van der Waals surface area contributed by atoms with Gasteiger partial charge in [-0.3, -0.25) is 9.59 Å². The van der Waals surface area contributed by atoms with Gasteiger partial charge in [-0.25, -0.2) is 0 Å². The predicted octanol–water partition coefficient (Wildman–Crippen LogP) is 0.147. The van der Waals surface area contributed by atoms with Crippen LogP contribution in [0, 0.1) is 18.3 Å². The standard InChI is InChI=1S/C10H11F3N2O2/c1-2-7-3-9(17)15(4-7)5-8(16)14-6-10(11,12)13/h1,7H,3-6H2,(H,14,16). The van der Waals surface area contributed by atoms with Crippen molar-refractivity contribution in [3.8, 4) is 12.3 Å². The van der Waals surface area contributed by atoms with Crippen LogP contribution >= 0.6 is 0 Å². The van der Waals surface area contributed by atoms with E-state index in [9.17, 15) is 22.8 Å². The molecule has 0 aromatic rings. The number of amides is 2. The van der Waals surface area contributed by atoms with E-state index >= 15 is 0 Å². The lowest BCUT2D eigenvalue weighted by atomic mass is 10.1. The molecule has 1 heterocycles. The summed E-state index contributed by atoms with van der Waals surface area (Å²) in [5.41, 5.74) is 0. The quantitative estimate of drug-likeness (QED) is 0.723. The van der Waals surface area contributed by atoms with Crippen LogP contribution in [0.15, 0.2) is 0 Å². The normalized spacial score (nSPS) is 20.2. The van der Waals surface area contributed by atoms with Gasteiger partial charge in [0.2, 0.25) is 11.8 Å². The topological polar surface area (TPSA) is 49.4 Å². The van der Waals surface area contributed by atoms with E-state index in [0.29, 0.717) is 0 Å². The highest BCUT2D eigenvalue weighted by Crippen LogP contribution is 2.16. The second-order valence-electron chi connectivity index (χ2n) is 3.73. The molecule has 1 rings (SSSR count). The lowest BCUT2D eigenvalue weighted by molar-refractivity contribution is -0.141. The molecular weight excluding hydrogens is 237 g/mol. The van der Waals surface area contributed by atoms with E-state index in [4.69, 9.17) is 6.42 Å². The third kappa shape index (κ3) is 4.34. The molecule has 0 aromatic carbocycles. The monoisotopic (exact) mass is 248 g/mol. The third-order valence-corrected chi connectivity index (χ3v) is 2.27. The summed E-state index contributed by atoms with van der Waals surface area (Å²) in [5.74, 6) is 0.964. The van der Waals surface area contributed by atoms with Gasteiger partial charge in [-0.1, -0.05) is 0 Å². The number of rotatable bonds is 3. The molecule has 94 valence electrons. The van der Waals surface area contributed by atoms with Crippen LogP contribution in [0.1, 0.15) is 6.42 Å². The summed E-state index contributed by atoms with van der Waals surface area (Å²) in [7, 11) is 0. The molecule has 1 atom stereocenters. The van der Waals surface area contributed by atoms with Gasteiger partial charge in [0.25, 0.3) is 0 Å². The summed E-state index contributed by atoms with van der Waals surface area (Å²) < 4.78 is 35.4. The minimum atomic E-state index is -4.45. The number of halogens is 3. The SMILES string of the molecule is C#CC1CC(=O)N(CC(=O)NCC(F)(F)F)C1. The first-order valence-electron chi connectivity index (χ1n) is 4.89. The number of carbonyl (C=O) groups is 2. The summed E-state index contributed by atoms with van der Waals surface area (Å²) in [6.07, 6.45) is 0.816. The molecule has 0 saturated carbocycles. The first-order chi connectivity index (χ1) is 7.81. The van der Waals surface area contributed by atoms with E-state index in [1.807, 2.05) is 0 Å². The van der Waals surface area contributed by atoms with Crippen molar-refractivity contribution in [2.45, 2.75) is 12.6 Å². The Morgan fingerprint density at radius 2 is 2.24 bits per heavy atom. The molecule has 1 aliphatic rings. The second kappa shape index (κ2) is 5.08. The third-order valence-electron chi connectivity index (χ3n) is 2.27. The van der Waals surface area contributed by atoms with Gasteiger partial charge in [0.15, 0.2) is 0 Å². The molecule has 1 saturated heterocycles. The van der Waals surface area contributed by atoms with Gasteiger partial charge in [0, 0.05) is 18.9 Å². The lowest BCUT2D eigenvalue weighted by Gasteiger charge is -2.15. The zero-order valence-corrected chi connectivity index (χ0v) is 8.88. The van der Waals surface area contributed by atoms with E-state index in [0.717, 1.165) is 4.90 Å². The van der Waals surface area contributed by atoms with Crippen molar-refractivity contribution in [1.29, 1.82) is 0 Å². The van der Waals surface area contributed by atoms with Gasteiger partial charge in [0.05, 0.1) is 6.54 Å². The summed E-state index contributed by atoms with van der Waals surface area (Å²) in [5, 5.41) is 1.69. The van der Waals surface area contributed by atoms with E-state index in [1.54, 1.807) is 5.32 Å². The Balaban J connectivity index is 2.37. The summed E-state index contributed by atoms with van der Waals surface area (Å²) in [6, 6.07) is 0. The highest BCUT2D eigenvalue weighted by molar-refractivity contribution is 5.86. The number of alkyl halides is 3. The summed E-state index contributed by atoms with van der Waals surface area (Å²) in [6.45, 7) is -1.56. The molecular formula is C10H11F3N2O2. The average molecular weight is 248 g/mol. The largest absolute Gasteiger partial charge is 0.405 e. The summed E-state index contributed by atoms with van der Waals surface area (Å²) in [4.78, 5) is 23.6. The molecule has 1 unspecified atom stereocenters. The Bertz CT molecular complexity index is 360. The number of terminal acetylenes is 1. The van der Waals surface area contributed by atoms with Gasteiger partial charge < -0.3 is 10.2 Å². The highest BCUT2D eigenvalue weighted by atomic mass is 19.4. The minimum absolute atomic E-state index is 0.142. The minimum Gasteiger partial charge on any atom is -0.345 e. The van der Waals surface area contributed by atoms with Crippen LogP contribution in [-0.2, 0) is 9.59 Å². The van der Waals surface area contributed by atoms with Gasteiger partial charge in [-0.15, -0.1) is 12.3 Å². The fourth-order valence-electron chi connectivity index (χ4n) is 1.46. The number of nitrogens with one attached hydrogen (secondary N) is 1. The maximum atomic E-state index is 11.8. The molecule has 0 aromatic heterocycles. The molecule has 2 amide bonds. The Morgan fingerprint density at radius 1 is 1.59 bits per heavy atom. The number of carbonyl (C=O) groups excluding carboxylic acids is 2. The second-order valence-corrected chi connectivity index (χ2v) is 3.73. The highest BCUT2D eigenvalue weighted by Gasteiger charge is 2.31. The molecule has 1 aliphatic heterocycles. The van der Waals surface area contributed by atoms with Crippen LogP contribution < -0.4 is 5.32 Å². The van der Waals surface area contributed by atoms with Crippen LogP contribution in [0.5, 0.6) is 0 Å². The van der Waals surface area contributed by atoms with Crippen molar-refractivity contribution in [3.05, 3.63) is 0 Å². The maximum absolute atomic E-state index is 11.8. The lowest BCUT2D eigenvalue weighted by Crippen LogP contribution is -2.41. The van der Waals surface area contributed by atoms with Crippen LogP contribution in [0.25, 0.3) is 0 Å². The number of likely N-dealkylation sites (tertiary alicyclic amines) is 1. The zero-order valence-electron chi connectivity index (χ0n) is 8.88. The molecule has 0 spiro atoms.